The number of hydrogen-bond donors (Lipinski definition) is 2. The summed E-state index contributed by atoms with van der Waals surface area (Å²) < 4.78 is 6.28. The van der Waals surface area contributed by atoms with Gasteiger partial charge in [0.05, 0.1) is 0 Å². The largest absolute Gasteiger partial charge is 0.423 e. The quantitative estimate of drug-likeness (QED) is 0.662. The van der Waals surface area contributed by atoms with Gasteiger partial charge in [0.1, 0.15) is 6.54 Å². The molecule has 2 N–H and O–H groups in total. The average molecular weight is 339 g/mol. The molecule has 0 radical (unpaired) electrons. The number of hydrazine groups is 1. The molecule has 0 aliphatic carbocycles. The van der Waals surface area contributed by atoms with E-state index in [0.717, 1.165) is 0 Å². The molecule has 126 valence electrons. The molecule has 3 aromatic rings. The number of rotatable bonds is 4. The molecule has 0 fully saturated rings. The van der Waals surface area contributed by atoms with Crippen molar-refractivity contribution in [1.29, 1.82) is 0 Å². The van der Waals surface area contributed by atoms with Gasteiger partial charge in [0.25, 0.3) is 17.4 Å². The first-order chi connectivity index (χ1) is 12.1. The first-order valence-electron chi connectivity index (χ1n) is 7.25. The average Bonchev–Trinajstić information content (AvgIpc) is 3.16. The van der Waals surface area contributed by atoms with E-state index in [1.54, 1.807) is 36.4 Å². The number of nitrogens with one attached hydrogen (secondary N) is 2. The Bertz CT molecular complexity index is 932. The van der Waals surface area contributed by atoms with Crippen molar-refractivity contribution in [3.63, 3.8) is 0 Å². The van der Waals surface area contributed by atoms with Crippen molar-refractivity contribution < 1.29 is 14.0 Å². The Labute approximate surface area is 141 Å². The molecule has 2 aromatic heterocycles. The van der Waals surface area contributed by atoms with Gasteiger partial charge < -0.3 is 8.98 Å². The van der Waals surface area contributed by atoms with E-state index < -0.39 is 11.8 Å². The van der Waals surface area contributed by atoms with Crippen molar-refractivity contribution in [2.75, 3.05) is 0 Å². The molecule has 0 atom stereocenters. The molecule has 9 heteroatoms. The summed E-state index contributed by atoms with van der Waals surface area (Å²) in [7, 11) is 0. The number of pyridine rings is 1. The Morgan fingerprint density at radius 3 is 2.56 bits per heavy atom. The first kappa shape index (κ1) is 16.1. The zero-order chi connectivity index (χ0) is 17.6. The Morgan fingerprint density at radius 2 is 1.88 bits per heavy atom. The fraction of sp³-hybridized carbons (Fsp3) is 0.0625. The summed E-state index contributed by atoms with van der Waals surface area (Å²) in [5.74, 6) is -0.677. The van der Waals surface area contributed by atoms with Gasteiger partial charge in [-0.3, -0.25) is 25.2 Å². The Balaban J connectivity index is 1.56. The lowest BCUT2D eigenvalue weighted by Crippen LogP contribution is -2.44. The number of hydrogen-bond acceptors (Lipinski definition) is 6. The van der Waals surface area contributed by atoms with Crippen molar-refractivity contribution in [2.45, 2.75) is 6.54 Å². The highest BCUT2D eigenvalue weighted by Gasteiger charge is 2.10. The van der Waals surface area contributed by atoms with Crippen molar-refractivity contribution in [3.05, 3.63) is 71.0 Å². The summed E-state index contributed by atoms with van der Waals surface area (Å²) in [5.41, 5.74) is 5.24. The van der Waals surface area contributed by atoms with Gasteiger partial charge in [-0.05, 0) is 30.3 Å². The number of amides is 2. The predicted octanol–water partition coefficient (Wildman–Crippen LogP) is 0.359. The third-order valence-electron chi connectivity index (χ3n) is 3.28. The molecule has 25 heavy (non-hydrogen) atoms. The lowest BCUT2D eigenvalue weighted by atomic mass is 10.1. The number of carbonyl (C=O) groups excluding carboxylic acids is 2. The maximum atomic E-state index is 12.0. The van der Waals surface area contributed by atoms with Gasteiger partial charge in [-0.1, -0.05) is 6.07 Å². The van der Waals surface area contributed by atoms with E-state index in [0.29, 0.717) is 17.0 Å². The van der Waals surface area contributed by atoms with E-state index in [2.05, 4.69) is 21.0 Å². The van der Waals surface area contributed by atoms with Crippen molar-refractivity contribution in [1.82, 2.24) is 25.6 Å². The van der Waals surface area contributed by atoms with Crippen LogP contribution in [0.2, 0.25) is 0 Å². The molecule has 0 unspecified atom stereocenters. The van der Waals surface area contributed by atoms with E-state index in [1.807, 2.05) is 0 Å². The van der Waals surface area contributed by atoms with Crippen LogP contribution in [0, 0.1) is 0 Å². The van der Waals surface area contributed by atoms with Crippen molar-refractivity contribution in [3.8, 4) is 11.5 Å². The van der Waals surface area contributed by atoms with Crippen LogP contribution in [0.1, 0.15) is 10.4 Å². The maximum Gasteiger partial charge on any atom is 0.269 e. The van der Waals surface area contributed by atoms with Crippen LogP contribution in [-0.2, 0) is 11.3 Å². The van der Waals surface area contributed by atoms with Crippen LogP contribution in [0.3, 0.4) is 0 Å². The minimum Gasteiger partial charge on any atom is -0.423 e. The van der Waals surface area contributed by atoms with Crippen molar-refractivity contribution >= 4 is 11.8 Å². The molecule has 0 aliphatic rings. The van der Waals surface area contributed by atoms with Crippen LogP contribution in [0.5, 0.6) is 0 Å². The Hall–Kier alpha value is -3.75. The first-order valence-corrected chi connectivity index (χ1v) is 7.25. The summed E-state index contributed by atoms with van der Waals surface area (Å²) in [4.78, 5) is 35.3. The van der Waals surface area contributed by atoms with Gasteiger partial charge in [-0.2, -0.15) is 0 Å². The normalized spacial score (nSPS) is 10.2. The van der Waals surface area contributed by atoms with Crippen LogP contribution in [0.25, 0.3) is 11.5 Å². The van der Waals surface area contributed by atoms with E-state index in [1.165, 1.54) is 23.2 Å². The van der Waals surface area contributed by atoms with Crippen LogP contribution < -0.4 is 16.4 Å². The SMILES string of the molecule is O=C(Cn1ccccc1=O)NNC(=O)c1ccc(-c2nnco2)cc1. The standard InChI is InChI=1S/C16H13N5O4/c22-13(9-21-8-2-1-3-14(21)23)18-19-15(24)11-4-6-12(7-5-11)16-20-17-10-25-16/h1-8,10H,9H2,(H,18,22)(H,19,24). The topological polar surface area (TPSA) is 119 Å². The number of benzene rings is 1. The molecule has 2 heterocycles. The molecular weight excluding hydrogens is 326 g/mol. The highest BCUT2D eigenvalue weighted by Crippen LogP contribution is 2.16. The highest BCUT2D eigenvalue weighted by atomic mass is 16.4. The smallest absolute Gasteiger partial charge is 0.269 e. The van der Waals surface area contributed by atoms with E-state index >= 15 is 0 Å². The summed E-state index contributed by atoms with van der Waals surface area (Å²) in [6, 6.07) is 11.0. The highest BCUT2D eigenvalue weighted by molar-refractivity contribution is 5.95. The second-order valence-electron chi connectivity index (χ2n) is 4.99. The molecule has 0 saturated heterocycles. The third kappa shape index (κ3) is 3.96. The summed E-state index contributed by atoms with van der Waals surface area (Å²) in [6.45, 7) is -0.198. The van der Waals surface area contributed by atoms with Gasteiger partial charge in [0.2, 0.25) is 12.3 Å². The summed E-state index contributed by atoms with van der Waals surface area (Å²) in [6.07, 6.45) is 2.70. The molecule has 0 saturated carbocycles. The second kappa shape index (κ2) is 7.21. The van der Waals surface area contributed by atoms with Gasteiger partial charge >= 0.3 is 0 Å². The monoisotopic (exact) mass is 339 g/mol. The predicted molar refractivity (Wildman–Crippen MR) is 86.0 cm³/mol. The molecule has 9 nitrogen and oxygen atoms in total. The van der Waals surface area contributed by atoms with Gasteiger partial charge in [-0.15, -0.1) is 10.2 Å². The number of carbonyl (C=O) groups is 2. The molecule has 2 amide bonds. The molecule has 0 spiro atoms. The molecule has 0 aliphatic heterocycles. The zero-order valence-corrected chi connectivity index (χ0v) is 12.9. The minimum atomic E-state index is -0.524. The number of nitrogens with zero attached hydrogens (tertiary/aromatic N) is 3. The summed E-state index contributed by atoms with van der Waals surface area (Å²) in [5, 5.41) is 7.34. The van der Waals surface area contributed by atoms with Crippen LogP contribution in [0.15, 0.2) is 64.3 Å². The lowest BCUT2D eigenvalue weighted by Gasteiger charge is -2.08. The van der Waals surface area contributed by atoms with Crippen LogP contribution in [0.4, 0.5) is 0 Å². The minimum absolute atomic E-state index is 0.198. The van der Waals surface area contributed by atoms with Gasteiger partial charge in [0, 0.05) is 23.4 Å². The lowest BCUT2D eigenvalue weighted by molar-refractivity contribution is -0.122. The molecule has 1 aromatic carbocycles. The number of aromatic nitrogens is 3. The van der Waals surface area contributed by atoms with Crippen LogP contribution >= 0.6 is 0 Å². The van der Waals surface area contributed by atoms with Crippen LogP contribution in [-0.4, -0.2) is 26.6 Å². The maximum absolute atomic E-state index is 12.0. The van der Waals surface area contributed by atoms with Gasteiger partial charge in [-0.25, -0.2) is 0 Å². The Morgan fingerprint density at radius 1 is 1.08 bits per heavy atom. The Kier molecular flexibility index (Phi) is 4.65. The fourth-order valence-electron chi connectivity index (χ4n) is 2.05. The van der Waals surface area contributed by atoms with E-state index in [4.69, 9.17) is 4.42 Å². The van der Waals surface area contributed by atoms with Crippen molar-refractivity contribution in [2.24, 2.45) is 0 Å². The molecular formula is C16H13N5O4. The zero-order valence-electron chi connectivity index (χ0n) is 12.9. The van der Waals surface area contributed by atoms with E-state index in [9.17, 15) is 14.4 Å². The second-order valence-corrected chi connectivity index (χ2v) is 4.99. The summed E-state index contributed by atoms with van der Waals surface area (Å²) >= 11 is 0. The molecule has 3 rings (SSSR count). The van der Waals surface area contributed by atoms with Gasteiger partial charge in [0.15, 0.2) is 0 Å². The third-order valence-corrected chi connectivity index (χ3v) is 3.28. The fourth-order valence-corrected chi connectivity index (χ4v) is 2.05. The van der Waals surface area contributed by atoms with E-state index in [-0.39, 0.29) is 12.1 Å². The molecule has 0 bridgehead atoms.